The molecule has 0 bridgehead atoms. The molecule has 1 heterocycles. The zero-order chi connectivity index (χ0) is 18.1. The van der Waals surface area contributed by atoms with Crippen LogP contribution >= 0.6 is 0 Å². The van der Waals surface area contributed by atoms with Crippen LogP contribution in [0.25, 0.3) is 11.5 Å². The summed E-state index contributed by atoms with van der Waals surface area (Å²) in [7, 11) is -0.388. The lowest BCUT2D eigenvalue weighted by Crippen LogP contribution is -2.28. The summed E-state index contributed by atoms with van der Waals surface area (Å²) in [6.07, 6.45) is 0. The van der Waals surface area contributed by atoms with E-state index in [1.54, 1.807) is 38.5 Å². The van der Waals surface area contributed by atoms with Gasteiger partial charge in [-0.2, -0.15) is 0 Å². The molecule has 0 saturated heterocycles. The van der Waals surface area contributed by atoms with Crippen LogP contribution in [0.2, 0.25) is 0 Å². The molecule has 0 aliphatic heterocycles. The van der Waals surface area contributed by atoms with E-state index in [1.165, 1.54) is 0 Å². The Balaban J connectivity index is 1.86. The van der Waals surface area contributed by atoms with Gasteiger partial charge >= 0.3 is 0 Å². The molecule has 0 saturated carbocycles. The van der Waals surface area contributed by atoms with Crippen LogP contribution in [-0.2, 0) is 26.0 Å². The van der Waals surface area contributed by atoms with Gasteiger partial charge in [0.1, 0.15) is 5.75 Å². The molecular weight excluding hydrogens is 350 g/mol. The Morgan fingerprint density at radius 3 is 2.76 bits per heavy atom. The minimum atomic E-state index is -3.50. The molecule has 2 aromatic rings. The molecule has 2 rings (SSSR count). The van der Waals surface area contributed by atoms with Crippen molar-refractivity contribution in [3.63, 3.8) is 0 Å². The lowest BCUT2D eigenvalue weighted by atomic mass is 10.2. The monoisotopic (exact) mass is 371 g/mol. The summed E-state index contributed by atoms with van der Waals surface area (Å²) in [6.45, 7) is 0.761. The predicted octanol–water partition coefficient (Wildman–Crippen LogP) is 0.828. The van der Waals surface area contributed by atoms with Gasteiger partial charge in [-0.05, 0) is 18.2 Å². The van der Waals surface area contributed by atoms with Gasteiger partial charge in [0.2, 0.25) is 21.8 Å². The highest BCUT2D eigenvalue weighted by molar-refractivity contribution is 7.89. The molecule has 10 heteroatoms. The zero-order valence-electron chi connectivity index (χ0n) is 14.1. The van der Waals surface area contributed by atoms with Crippen LogP contribution < -0.4 is 9.46 Å². The third-order valence-electron chi connectivity index (χ3n) is 3.16. The number of aromatic nitrogens is 2. The number of hydrogen-bond acceptors (Lipinski definition) is 8. The van der Waals surface area contributed by atoms with E-state index < -0.39 is 10.0 Å². The number of nitrogens with zero attached hydrogens (tertiary/aromatic N) is 2. The van der Waals surface area contributed by atoms with Crippen molar-refractivity contribution in [3.8, 4) is 17.2 Å². The van der Waals surface area contributed by atoms with Crippen molar-refractivity contribution >= 4 is 10.0 Å². The maximum atomic E-state index is 11.9. The van der Waals surface area contributed by atoms with E-state index in [-0.39, 0.29) is 30.7 Å². The van der Waals surface area contributed by atoms with E-state index in [1.807, 2.05) is 0 Å². The van der Waals surface area contributed by atoms with Crippen molar-refractivity contribution in [1.29, 1.82) is 0 Å². The lowest BCUT2D eigenvalue weighted by molar-refractivity contribution is 0.0784. The third kappa shape index (κ3) is 6.42. The smallest absolute Gasteiger partial charge is 0.247 e. The van der Waals surface area contributed by atoms with Crippen LogP contribution in [0.15, 0.2) is 28.7 Å². The van der Waals surface area contributed by atoms with Crippen LogP contribution in [0.3, 0.4) is 0 Å². The van der Waals surface area contributed by atoms with Gasteiger partial charge in [0.25, 0.3) is 0 Å². The SMILES string of the molecule is COCCOCCS(=O)(=O)NCc1nnc(-c2cccc(OC)c2)o1. The van der Waals surface area contributed by atoms with Crippen molar-refractivity contribution in [1.82, 2.24) is 14.9 Å². The standard InChI is InChI=1S/C15H21N3O6S/c1-21-6-7-23-8-9-25(19,20)16-11-14-17-18-15(24-14)12-4-3-5-13(10-12)22-2/h3-5,10,16H,6-9,11H2,1-2H3. The van der Waals surface area contributed by atoms with Gasteiger partial charge in [0.05, 0.1) is 39.2 Å². The first kappa shape index (κ1) is 19.3. The quantitative estimate of drug-likeness (QED) is 0.578. The first-order valence-electron chi connectivity index (χ1n) is 7.55. The number of nitrogens with one attached hydrogen (secondary N) is 1. The van der Waals surface area contributed by atoms with Crippen LogP contribution in [0.5, 0.6) is 5.75 Å². The first-order valence-corrected chi connectivity index (χ1v) is 9.20. The average Bonchev–Trinajstić information content (AvgIpc) is 3.09. The summed E-state index contributed by atoms with van der Waals surface area (Å²) in [5, 5.41) is 7.75. The average molecular weight is 371 g/mol. The minimum Gasteiger partial charge on any atom is -0.497 e. The highest BCUT2D eigenvalue weighted by Crippen LogP contribution is 2.22. The van der Waals surface area contributed by atoms with Crippen molar-refractivity contribution < 1.29 is 27.0 Å². The topological polar surface area (TPSA) is 113 Å². The molecule has 1 aromatic carbocycles. The fraction of sp³-hybridized carbons (Fsp3) is 0.467. The van der Waals surface area contributed by atoms with E-state index in [2.05, 4.69) is 14.9 Å². The number of ether oxygens (including phenoxy) is 3. The van der Waals surface area contributed by atoms with Gasteiger partial charge in [-0.3, -0.25) is 0 Å². The van der Waals surface area contributed by atoms with Crippen molar-refractivity contribution in [3.05, 3.63) is 30.2 Å². The van der Waals surface area contributed by atoms with Gasteiger partial charge in [-0.25, -0.2) is 13.1 Å². The number of rotatable bonds is 11. The number of benzene rings is 1. The second kappa shape index (κ2) is 9.47. The summed E-state index contributed by atoms with van der Waals surface area (Å²) < 4.78 is 46.7. The van der Waals surface area contributed by atoms with Gasteiger partial charge in [-0.15, -0.1) is 10.2 Å². The Labute approximate surface area is 146 Å². The molecule has 0 fully saturated rings. The second-order valence-electron chi connectivity index (χ2n) is 4.98. The molecule has 0 aliphatic carbocycles. The summed E-state index contributed by atoms with van der Waals surface area (Å²) in [6, 6.07) is 7.13. The molecule has 1 N–H and O–H groups in total. The molecular formula is C15H21N3O6S. The Morgan fingerprint density at radius 1 is 1.16 bits per heavy atom. The highest BCUT2D eigenvalue weighted by Gasteiger charge is 2.14. The van der Waals surface area contributed by atoms with E-state index >= 15 is 0 Å². The number of sulfonamides is 1. The molecule has 1 aromatic heterocycles. The lowest BCUT2D eigenvalue weighted by Gasteiger charge is -2.05. The fourth-order valence-electron chi connectivity index (χ4n) is 1.85. The van der Waals surface area contributed by atoms with Gasteiger partial charge in [0, 0.05) is 12.7 Å². The van der Waals surface area contributed by atoms with Crippen LogP contribution in [0, 0.1) is 0 Å². The van der Waals surface area contributed by atoms with Crippen LogP contribution in [0.4, 0.5) is 0 Å². The van der Waals surface area contributed by atoms with Gasteiger partial charge in [0.15, 0.2) is 0 Å². The normalized spacial score (nSPS) is 11.6. The molecule has 0 atom stereocenters. The fourth-order valence-corrected chi connectivity index (χ4v) is 2.68. The molecule has 0 radical (unpaired) electrons. The van der Waals surface area contributed by atoms with Crippen molar-refractivity contribution in [2.75, 3.05) is 39.8 Å². The Morgan fingerprint density at radius 2 is 2.00 bits per heavy atom. The van der Waals surface area contributed by atoms with Crippen molar-refractivity contribution in [2.24, 2.45) is 0 Å². The van der Waals surface area contributed by atoms with E-state index in [4.69, 9.17) is 18.6 Å². The third-order valence-corrected chi connectivity index (χ3v) is 4.44. The Kier molecular flexibility index (Phi) is 7.31. The summed E-state index contributed by atoms with van der Waals surface area (Å²) >= 11 is 0. The predicted molar refractivity (Wildman–Crippen MR) is 89.6 cm³/mol. The maximum Gasteiger partial charge on any atom is 0.247 e. The number of methoxy groups -OCH3 is 2. The summed E-state index contributed by atoms with van der Waals surface area (Å²) in [5.74, 6) is 0.956. The molecule has 0 unspecified atom stereocenters. The Hall–Kier alpha value is -2.01. The summed E-state index contributed by atoms with van der Waals surface area (Å²) in [4.78, 5) is 0. The largest absolute Gasteiger partial charge is 0.497 e. The second-order valence-corrected chi connectivity index (χ2v) is 6.90. The first-order chi connectivity index (χ1) is 12.0. The van der Waals surface area contributed by atoms with Gasteiger partial charge < -0.3 is 18.6 Å². The molecule has 25 heavy (non-hydrogen) atoms. The summed E-state index contributed by atoms with van der Waals surface area (Å²) in [5.41, 5.74) is 0.688. The highest BCUT2D eigenvalue weighted by atomic mass is 32.2. The van der Waals surface area contributed by atoms with Gasteiger partial charge in [-0.1, -0.05) is 6.07 Å². The molecule has 0 aliphatic rings. The Bertz CT molecular complexity index is 762. The van der Waals surface area contributed by atoms with E-state index in [9.17, 15) is 8.42 Å². The van der Waals surface area contributed by atoms with Crippen LogP contribution in [0.1, 0.15) is 5.89 Å². The maximum absolute atomic E-state index is 11.9. The van der Waals surface area contributed by atoms with E-state index in [0.717, 1.165) is 0 Å². The van der Waals surface area contributed by atoms with Crippen LogP contribution in [-0.4, -0.2) is 58.4 Å². The minimum absolute atomic E-state index is 0.0809. The zero-order valence-corrected chi connectivity index (χ0v) is 14.9. The van der Waals surface area contributed by atoms with Crippen molar-refractivity contribution in [2.45, 2.75) is 6.54 Å². The molecule has 9 nitrogen and oxygen atoms in total. The molecule has 0 spiro atoms. The van der Waals surface area contributed by atoms with E-state index in [0.29, 0.717) is 24.5 Å². The molecule has 138 valence electrons. The molecule has 0 amide bonds. The number of hydrogen-bond donors (Lipinski definition) is 1.